The molecule has 0 spiro atoms. The lowest BCUT2D eigenvalue weighted by molar-refractivity contribution is -0.0733. The Morgan fingerprint density at radius 1 is 1.40 bits per heavy atom. The largest absolute Gasteiger partial charge is 0.378 e. The van der Waals surface area contributed by atoms with Crippen LogP contribution in [0.25, 0.3) is 0 Å². The molecule has 1 unspecified atom stereocenters. The van der Waals surface area contributed by atoms with Crippen LogP contribution in [0.15, 0.2) is 0 Å². The van der Waals surface area contributed by atoms with Crippen LogP contribution in [0.1, 0.15) is 34.1 Å². The van der Waals surface area contributed by atoms with E-state index < -0.39 is 0 Å². The number of rotatable bonds is 4. The van der Waals surface area contributed by atoms with Crippen LogP contribution < -0.4 is 5.73 Å². The fourth-order valence-corrected chi connectivity index (χ4v) is 2.44. The van der Waals surface area contributed by atoms with Gasteiger partial charge in [-0.1, -0.05) is 13.8 Å². The number of nitrogens with two attached hydrogens (primary N) is 1. The lowest BCUT2D eigenvalue weighted by Gasteiger charge is -2.46. The average Bonchev–Trinajstić information content (AvgIpc) is 2.14. The highest BCUT2D eigenvalue weighted by Crippen LogP contribution is 2.24. The van der Waals surface area contributed by atoms with Crippen LogP contribution >= 0.6 is 0 Å². The smallest absolute Gasteiger partial charge is 0.0645 e. The molecule has 2 N–H and O–H groups in total. The average molecular weight is 214 g/mol. The van der Waals surface area contributed by atoms with Crippen LogP contribution in [0.4, 0.5) is 0 Å². The molecule has 3 nitrogen and oxygen atoms in total. The SMILES string of the molecule is CC(C)CC(CN)N1CCOCC1(C)C. The third-order valence-corrected chi connectivity index (χ3v) is 3.17. The molecular formula is C12H26N2O. The van der Waals surface area contributed by atoms with Crippen molar-refractivity contribution in [2.24, 2.45) is 11.7 Å². The molecular weight excluding hydrogens is 188 g/mol. The minimum Gasteiger partial charge on any atom is -0.378 e. The van der Waals surface area contributed by atoms with Gasteiger partial charge in [0.1, 0.15) is 0 Å². The first kappa shape index (κ1) is 12.9. The molecule has 1 aliphatic rings. The van der Waals surface area contributed by atoms with Crippen molar-refractivity contribution in [3.8, 4) is 0 Å². The molecule has 3 heteroatoms. The summed E-state index contributed by atoms with van der Waals surface area (Å²) in [5.41, 5.74) is 6.03. The molecule has 1 rings (SSSR count). The Morgan fingerprint density at radius 3 is 2.53 bits per heavy atom. The molecule has 1 fully saturated rings. The predicted octanol–water partition coefficient (Wildman–Crippen LogP) is 1.47. The van der Waals surface area contributed by atoms with E-state index in [2.05, 4.69) is 32.6 Å². The van der Waals surface area contributed by atoms with E-state index in [9.17, 15) is 0 Å². The Hall–Kier alpha value is -0.120. The number of nitrogens with zero attached hydrogens (tertiary/aromatic N) is 1. The molecule has 1 saturated heterocycles. The van der Waals surface area contributed by atoms with Crippen molar-refractivity contribution in [3.63, 3.8) is 0 Å². The predicted molar refractivity (Wildman–Crippen MR) is 63.9 cm³/mol. The number of ether oxygens (including phenoxy) is 1. The second kappa shape index (κ2) is 5.28. The monoisotopic (exact) mass is 214 g/mol. The van der Waals surface area contributed by atoms with Gasteiger partial charge in [-0.3, -0.25) is 4.90 Å². The van der Waals surface area contributed by atoms with Crippen molar-refractivity contribution in [1.29, 1.82) is 0 Å². The molecule has 90 valence electrons. The van der Waals surface area contributed by atoms with Crippen molar-refractivity contribution >= 4 is 0 Å². The number of hydrogen-bond acceptors (Lipinski definition) is 3. The number of morpholine rings is 1. The van der Waals surface area contributed by atoms with Crippen molar-refractivity contribution < 1.29 is 4.74 Å². The van der Waals surface area contributed by atoms with E-state index >= 15 is 0 Å². The van der Waals surface area contributed by atoms with Crippen molar-refractivity contribution in [1.82, 2.24) is 4.90 Å². The minimum atomic E-state index is 0.136. The molecule has 0 radical (unpaired) electrons. The lowest BCUT2D eigenvalue weighted by atomic mass is 9.95. The van der Waals surface area contributed by atoms with Crippen LogP contribution in [-0.2, 0) is 4.74 Å². The van der Waals surface area contributed by atoms with E-state index in [1.165, 1.54) is 6.42 Å². The molecule has 0 aromatic heterocycles. The van der Waals surface area contributed by atoms with Crippen LogP contribution in [0.2, 0.25) is 0 Å². The molecule has 0 saturated carbocycles. The van der Waals surface area contributed by atoms with Gasteiger partial charge in [-0.05, 0) is 26.2 Å². The Bertz CT molecular complexity index is 192. The van der Waals surface area contributed by atoms with E-state index in [0.717, 1.165) is 26.3 Å². The fourth-order valence-electron chi connectivity index (χ4n) is 2.44. The van der Waals surface area contributed by atoms with Gasteiger partial charge < -0.3 is 10.5 Å². The Balaban J connectivity index is 2.64. The maximum Gasteiger partial charge on any atom is 0.0645 e. The first-order valence-corrected chi connectivity index (χ1v) is 6.02. The summed E-state index contributed by atoms with van der Waals surface area (Å²) in [6.45, 7) is 12.4. The summed E-state index contributed by atoms with van der Waals surface area (Å²) < 4.78 is 5.53. The summed E-state index contributed by atoms with van der Waals surface area (Å²) in [6.07, 6.45) is 1.18. The normalized spacial score (nSPS) is 24.4. The van der Waals surface area contributed by atoms with Gasteiger partial charge in [0.05, 0.1) is 13.2 Å². The summed E-state index contributed by atoms with van der Waals surface area (Å²) in [7, 11) is 0. The summed E-state index contributed by atoms with van der Waals surface area (Å²) in [4.78, 5) is 2.52. The van der Waals surface area contributed by atoms with Gasteiger partial charge in [-0.2, -0.15) is 0 Å². The van der Waals surface area contributed by atoms with Gasteiger partial charge in [0.15, 0.2) is 0 Å². The van der Waals surface area contributed by atoms with Gasteiger partial charge in [0, 0.05) is 24.7 Å². The molecule has 0 amide bonds. The zero-order valence-corrected chi connectivity index (χ0v) is 10.6. The van der Waals surface area contributed by atoms with Gasteiger partial charge >= 0.3 is 0 Å². The Kier molecular flexibility index (Phi) is 4.56. The van der Waals surface area contributed by atoms with E-state index in [1.807, 2.05) is 0 Å². The highest BCUT2D eigenvalue weighted by atomic mass is 16.5. The van der Waals surface area contributed by atoms with Crippen molar-refractivity contribution in [2.75, 3.05) is 26.3 Å². The van der Waals surface area contributed by atoms with Crippen LogP contribution in [0.5, 0.6) is 0 Å². The molecule has 0 aliphatic carbocycles. The third-order valence-electron chi connectivity index (χ3n) is 3.17. The molecule has 0 aromatic carbocycles. The van der Waals surface area contributed by atoms with Crippen LogP contribution in [0, 0.1) is 5.92 Å². The van der Waals surface area contributed by atoms with E-state index in [1.54, 1.807) is 0 Å². The summed E-state index contributed by atoms with van der Waals surface area (Å²) >= 11 is 0. The van der Waals surface area contributed by atoms with Crippen LogP contribution in [-0.4, -0.2) is 42.8 Å². The molecule has 0 bridgehead atoms. The maximum atomic E-state index is 5.89. The van der Waals surface area contributed by atoms with E-state index in [0.29, 0.717) is 12.0 Å². The Morgan fingerprint density at radius 2 is 2.07 bits per heavy atom. The number of hydrogen-bond donors (Lipinski definition) is 1. The van der Waals surface area contributed by atoms with Gasteiger partial charge in [0.25, 0.3) is 0 Å². The van der Waals surface area contributed by atoms with Gasteiger partial charge in [-0.15, -0.1) is 0 Å². The van der Waals surface area contributed by atoms with Gasteiger partial charge in [-0.25, -0.2) is 0 Å². The molecule has 1 aliphatic heterocycles. The third kappa shape index (κ3) is 3.44. The first-order valence-electron chi connectivity index (χ1n) is 6.02. The highest BCUT2D eigenvalue weighted by molar-refractivity contribution is 4.89. The van der Waals surface area contributed by atoms with E-state index in [-0.39, 0.29) is 5.54 Å². The summed E-state index contributed by atoms with van der Waals surface area (Å²) in [6, 6.07) is 0.504. The molecule has 15 heavy (non-hydrogen) atoms. The Labute approximate surface area is 94.0 Å². The molecule has 0 aromatic rings. The van der Waals surface area contributed by atoms with Gasteiger partial charge in [0.2, 0.25) is 0 Å². The first-order chi connectivity index (χ1) is 6.97. The highest BCUT2D eigenvalue weighted by Gasteiger charge is 2.34. The quantitative estimate of drug-likeness (QED) is 0.770. The lowest BCUT2D eigenvalue weighted by Crippen LogP contribution is -2.59. The van der Waals surface area contributed by atoms with Crippen LogP contribution in [0.3, 0.4) is 0 Å². The molecule has 1 heterocycles. The topological polar surface area (TPSA) is 38.5 Å². The standard InChI is InChI=1S/C12H26N2O/c1-10(2)7-11(8-13)14-5-6-15-9-12(14,3)4/h10-11H,5-9,13H2,1-4H3. The second-order valence-corrected chi connectivity index (χ2v) is 5.58. The van der Waals surface area contributed by atoms with Crippen molar-refractivity contribution in [2.45, 2.75) is 45.7 Å². The summed E-state index contributed by atoms with van der Waals surface area (Å²) in [5, 5.41) is 0. The van der Waals surface area contributed by atoms with Crippen molar-refractivity contribution in [3.05, 3.63) is 0 Å². The van der Waals surface area contributed by atoms with E-state index in [4.69, 9.17) is 10.5 Å². The maximum absolute atomic E-state index is 5.89. The minimum absolute atomic E-state index is 0.136. The zero-order valence-electron chi connectivity index (χ0n) is 10.6. The molecule has 1 atom stereocenters. The zero-order chi connectivity index (χ0) is 11.5. The second-order valence-electron chi connectivity index (χ2n) is 5.58. The summed E-state index contributed by atoms with van der Waals surface area (Å²) in [5.74, 6) is 0.706. The fraction of sp³-hybridized carbons (Fsp3) is 1.00.